The van der Waals surface area contributed by atoms with Crippen LogP contribution in [0.4, 0.5) is 5.69 Å². The molecular weight excluding hydrogens is 360 g/mol. The number of nitrogens with one attached hydrogen (secondary N) is 1. The van der Waals surface area contributed by atoms with Gasteiger partial charge in [-0.3, -0.25) is 4.79 Å². The SMILES string of the molecule is CC(C)C[C@H](NS(=O)(=O)Cc1ccccc1)C(=O)N1CCc2ccccc21. The first kappa shape index (κ1) is 19.6. The lowest BCUT2D eigenvalue weighted by Gasteiger charge is -2.26. The van der Waals surface area contributed by atoms with Crippen LogP contribution in [-0.2, 0) is 27.0 Å². The molecule has 6 heteroatoms. The standard InChI is InChI=1S/C21H26N2O3S/c1-16(2)14-19(22-27(25,26)15-17-8-4-3-5-9-17)21(24)23-13-12-18-10-6-7-11-20(18)23/h3-11,16,19,22H,12-15H2,1-2H3/t19-/m0/s1. The molecule has 0 bridgehead atoms. The second kappa shape index (κ2) is 8.23. The molecule has 1 aliphatic rings. The van der Waals surface area contributed by atoms with Crippen LogP contribution in [-0.4, -0.2) is 26.9 Å². The highest BCUT2D eigenvalue weighted by Crippen LogP contribution is 2.28. The summed E-state index contributed by atoms with van der Waals surface area (Å²) in [6.07, 6.45) is 1.26. The Hall–Kier alpha value is -2.18. The normalized spacial score (nSPS) is 15.0. The van der Waals surface area contributed by atoms with Gasteiger partial charge in [-0.05, 0) is 36.0 Å². The number of sulfonamides is 1. The van der Waals surface area contributed by atoms with Crippen molar-refractivity contribution in [2.45, 2.75) is 38.5 Å². The fourth-order valence-corrected chi connectivity index (χ4v) is 4.82. The molecule has 1 heterocycles. The van der Waals surface area contributed by atoms with Gasteiger partial charge in [0, 0.05) is 12.2 Å². The number of hydrogen-bond acceptors (Lipinski definition) is 3. The lowest BCUT2D eigenvalue weighted by atomic mass is 10.0. The summed E-state index contributed by atoms with van der Waals surface area (Å²) in [7, 11) is -3.63. The number of rotatable bonds is 7. The minimum atomic E-state index is -3.63. The number of amides is 1. The van der Waals surface area contributed by atoms with Gasteiger partial charge in [-0.2, -0.15) is 0 Å². The highest BCUT2D eigenvalue weighted by Gasteiger charge is 2.32. The third kappa shape index (κ3) is 4.96. The van der Waals surface area contributed by atoms with Gasteiger partial charge in [0.2, 0.25) is 15.9 Å². The molecule has 0 spiro atoms. The van der Waals surface area contributed by atoms with Crippen molar-refractivity contribution in [2.24, 2.45) is 5.92 Å². The van der Waals surface area contributed by atoms with Gasteiger partial charge >= 0.3 is 0 Å². The molecule has 0 radical (unpaired) electrons. The second-order valence-electron chi connectivity index (χ2n) is 7.41. The van der Waals surface area contributed by atoms with Crippen LogP contribution in [0.2, 0.25) is 0 Å². The third-order valence-electron chi connectivity index (χ3n) is 4.68. The fourth-order valence-electron chi connectivity index (χ4n) is 3.48. The number of hydrogen-bond donors (Lipinski definition) is 1. The van der Waals surface area contributed by atoms with Gasteiger partial charge < -0.3 is 4.90 Å². The summed E-state index contributed by atoms with van der Waals surface area (Å²) in [5.74, 6) is -0.117. The summed E-state index contributed by atoms with van der Waals surface area (Å²) in [6.45, 7) is 4.57. The topological polar surface area (TPSA) is 66.5 Å². The molecule has 1 N–H and O–H groups in total. The second-order valence-corrected chi connectivity index (χ2v) is 9.17. The zero-order valence-corrected chi connectivity index (χ0v) is 16.6. The molecule has 1 atom stereocenters. The molecule has 0 aliphatic carbocycles. The molecule has 27 heavy (non-hydrogen) atoms. The van der Waals surface area contributed by atoms with E-state index in [0.29, 0.717) is 18.5 Å². The Morgan fingerprint density at radius 3 is 2.44 bits per heavy atom. The van der Waals surface area contributed by atoms with Crippen LogP contribution in [0.5, 0.6) is 0 Å². The van der Waals surface area contributed by atoms with Crippen LogP contribution in [0, 0.1) is 5.92 Å². The van der Waals surface area contributed by atoms with Crippen molar-refractivity contribution in [1.82, 2.24) is 4.72 Å². The number of carbonyl (C=O) groups excluding carboxylic acids is 1. The van der Waals surface area contributed by atoms with Crippen molar-refractivity contribution in [3.8, 4) is 0 Å². The third-order valence-corrected chi connectivity index (χ3v) is 6.04. The zero-order valence-electron chi connectivity index (χ0n) is 15.8. The lowest BCUT2D eigenvalue weighted by Crippen LogP contribution is -2.49. The molecule has 0 saturated heterocycles. The molecular formula is C21H26N2O3S. The van der Waals surface area contributed by atoms with E-state index in [9.17, 15) is 13.2 Å². The molecule has 0 fully saturated rings. The molecule has 1 aliphatic heterocycles. The first-order chi connectivity index (χ1) is 12.9. The van der Waals surface area contributed by atoms with Crippen LogP contribution >= 0.6 is 0 Å². The smallest absolute Gasteiger partial charge is 0.245 e. The fraction of sp³-hybridized carbons (Fsp3) is 0.381. The molecule has 2 aromatic carbocycles. The van der Waals surface area contributed by atoms with Gasteiger partial charge in [0.25, 0.3) is 0 Å². The maximum Gasteiger partial charge on any atom is 0.245 e. The molecule has 144 valence electrons. The number of benzene rings is 2. The average molecular weight is 387 g/mol. The quantitative estimate of drug-likeness (QED) is 0.795. The summed E-state index contributed by atoms with van der Waals surface area (Å²) in [5, 5.41) is 0. The Kier molecular flexibility index (Phi) is 5.97. The van der Waals surface area contributed by atoms with E-state index in [1.54, 1.807) is 17.0 Å². The predicted molar refractivity (Wildman–Crippen MR) is 108 cm³/mol. The van der Waals surface area contributed by atoms with E-state index in [2.05, 4.69) is 4.72 Å². The van der Waals surface area contributed by atoms with E-state index in [-0.39, 0.29) is 17.6 Å². The zero-order chi connectivity index (χ0) is 19.4. The molecule has 0 saturated carbocycles. The molecule has 2 aromatic rings. The Bertz CT molecular complexity index is 895. The first-order valence-corrected chi connectivity index (χ1v) is 10.9. The van der Waals surface area contributed by atoms with Gasteiger partial charge in [-0.25, -0.2) is 13.1 Å². The van der Waals surface area contributed by atoms with Crippen molar-refractivity contribution < 1.29 is 13.2 Å². The van der Waals surface area contributed by atoms with E-state index in [1.807, 2.05) is 56.3 Å². The maximum atomic E-state index is 13.2. The number of fused-ring (bicyclic) bond motifs is 1. The van der Waals surface area contributed by atoms with E-state index in [1.165, 1.54) is 0 Å². The maximum absolute atomic E-state index is 13.2. The number of para-hydroxylation sites is 1. The van der Waals surface area contributed by atoms with Crippen LogP contribution < -0.4 is 9.62 Å². The number of nitrogens with zero attached hydrogens (tertiary/aromatic N) is 1. The summed E-state index contributed by atoms with van der Waals surface area (Å²) >= 11 is 0. The van der Waals surface area contributed by atoms with Crippen molar-refractivity contribution in [1.29, 1.82) is 0 Å². The lowest BCUT2D eigenvalue weighted by molar-refractivity contribution is -0.120. The van der Waals surface area contributed by atoms with Crippen molar-refractivity contribution in [3.05, 3.63) is 65.7 Å². The number of anilines is 1. The highest BCUT2D eigenvalue weighted by molar-refractivity contribution is 7.88. The van der Waals surface area contributed by atoms with Crippen LogP contribution in [0.25, 0.3) is 0 Å². The Balaban J connectivity index is 1.79. The van der Waals surface area contributed by atoms with Crippen molar-refractivity contribution >= 4 is 21.6 Å². The van der Waals surface area contributed by atoms with Crippen LogP contribution in [0.15, 0.2) is 54.6 Å². The Labute approximate surface area is 161 Å². The molecule has 1 amide bonds. The van der Waals surface area contributed by atoms with Crippen molar-refractivity contribution in [3.63, 3.8) is 0 Å². The molecule has 0 aromatic heterocycles. The van der Waals surface area contributed by atoms with Gasteiger partial charge in [-0.1, -0.05) is 62.4 Å². The van der Waals surface area contributed by atoms with Gasteiger partial charge in [0.05, 0.1) is 5.75 Å². The van der Waals surface area contributed by atoms with Gasteiger partial charge in [0.1, 0.15) is 6.04 Å². The van der Waals surface area contributed by atoms with E-state index < -0.39 is 16.1 Å². The minimum absolute atomic E-state index is 0.133. The minimum Gasteiger partial charge on any atom is -0.310 e. The predicted octanol–water partition coefficient (Wildman–Crippen LogP) is 3.11. The van der Waals surface area contributed by atoms with E-state index >= 15 is 0 Å². The van der Waals surface area contributed by atoms with Gasteiger partial charge in [-0.15, -0.1) is 0 Å². The van der Waals surface area contributed by atoms with Gasteiger partial charge in [0.15, 0.2) is 0 Å². The largest absolute Gasteiger partial charge is 0.310 e. The summed E-state index contributed by atoms with van der Waals surface area (Å²) in [6, 6.07) is 16.0. The monoisotopic (exact) mass is 386 g/mol. The van der Waals surface area contributed by atoms with E-state index in [0.717, 1.165) is 17.7 Å². The summed E-state index contributed by atoms with van der Waals surface area (Å²) < 4.78 is 28.0. The molecule has 0 unspecified atom stereocenters. The van der Waals surface area contributed by atoms with E-state index in [4.69, 9.17) is 0 Å². The summed E-state index contributed by atoms with van der Waals surface area (Å²) in [5.41, 5.74) is 2.71. The van der Waals surface area contributed by atoms with Crippen LogP contribution in [0.3, 0.4) is 0 Å². The molecule has 5 nitrogen and oxygen atoms in total. The highest BCUT2D eigenvalue weighted by atomic mass is 32.2. The average Bonchev–Trinajstić information content (AvgIpc) is 3.04. The van der Waals surface area contributed by atoms with Crippen molar-refractivity contribution in [2.75, 3.05) is 11.4 Å². The Morgan fingerprint density at radius 1 is 1.07 bits per heavy atom. The molecule has 3 rings (SSSR count). The van der Waals surface area contributed by atoms with Crippen LogP contribution in [0.1, 0.15) is 31.4 Å². The summed E-state index contributed by atoms with van der Waals surface area (Å²) in [4.78, 5) is 14.9. The Morgan fingerprint density at radius 2 is 1.74 bits per heavy atom. The number of carbonyl (C=O) groups is 1. The first-order valence-electron chi connectivity index (χ1n) is 9.29.